The van der Waals surface area contributed by atoms with Gasteiger partial charge in [0.05, 0.1) is 17.4 Å². The number of hydrogen-bond donors (Lipinski definition) is 1. The Labute approximate surface area is 57.5 Å². The molecule has 0 aliphatic rings. The van der Waals surface area contributed by atoms with Crippen LogP contribution in [0.3, 0.4) is 0 Å². The third kappa shape index (κ3) is 39.6. The summed E-state index contributed by atoms with van der Waals surface area (Å²) in [4.78, 5) is 13.1. The molecule has 8 heavy (non-hydrogen) atoms. The summed E-state index contributed by atoms with van der Waals surface area (Å²) in [5.41, 5.74) is 0. The normalized spacial score (nSPS) is 4.25. The lowest BCUT2D eigenvalue weighted by Crippen LogP contribution is -2.03. The van der Waals surface area contributed by atoms with Gasteiger partial charge in [-0.25, -0.2) is 0 Å². The summed E-state index contributed by atoms with van der Waals surface area (Å²) in [5.74, 6) is 3.85. The maximum atomic E-state index is 9.47. The van der Waals surface area contributed by atoms with Crippen molar-refractivity contribution >= 4 is 23.3 Å². The summed E-state index contributed by atoms with van der Waals surface area (Å²) in [6.07, 6.45) is 0. The molecule has 0 aromatic rings. The number of carbonyl (C=O) groups excluding carboxylic acids is 1. The summed E-state index contributed by atoms with van der Waals surface area (Å²) < 4.78 is 0. The first kappa shape index (κ1) is 24.8. The topological polar surface area (TPSA) is 115 Å². The zero-order valence-electron chi connectivity index (χ0n) is 4.60. The van der Waals surface area contributed by atoms with Crippen LogP contribution in [0.2, 0.25) is 0 Å². The van der Waals surface area contributed by atoms with Crippen LogP contribution in [0.1, 0.15) is 6.92 Å². The minimum atomic E-state index is -0.468. The van der Waals surface area contributed by atoms with Gasteiger partial charge in [-0.05, 0) is 0 Å². The Morgan fingerprint density at radius 3 is 1.62 bits per heavy atom. The summed E-state index contributed by atoms with van der Waals surface area (Å²) in [5, 5.41) is 0. The second-order valence-corrected chi connectivity index (χ2v) is 0.609. The fourth-order valence-corrected chi connectivity index (χ4v) is 0. The highest BCUT2D eigenvalue weighted by atomic mass is 27.0. The first-order valence-corrected chi connectivity index (χ1v) is 1.14. The summed E-state index contributed by atoms with van der Waals surface area (Å²) >= 11 is 0. The van der Waals surface area contributed by atoms with Crippen molar-refractivity contribution in [2.24, 2.45) is 5.90 Å². The molecular weight excluding hydrogens is 129 g/mol. The molecule has 6 N–H and O–H groups in total. The van der Waals surface area contributed by atoms with E-state index in [1.165, 1.54) is 6.92 Å². The third-order valence-electron chi connectivity index (χ3n) is 0.166. The molecule has 0 rings (SSSR count). The lowest BCUT2D eigenvalue weighted by atomic mass is 10.8. The van der Waals surface area contributed by atoms with Gasteiger partial charge in [-0.2, -0.15) is 5.90 Å². The zero-order valence-corrected chi connectivity index (χ0v) is 6.02. The van der Waals surface area contributed by atoms with Gasteiger partial charge in [0.25, 0.3) is 0 Å². The first-order chi connectivity index (χ1) is 2.27. The molecule has 0 fully saturated rings. The Balaban J connectivity index is -0.0000000267. The van der Waals surface area contributed by atoms with Gasteiger partial charge in [-0.3, -0.25) is 4.79 Å². The fraction of sp³-hybridized carbons (Fsp3) is 0.500. The highest BCUT2D eigenvalue weighted by Gasteiger charge is 1.77. The molecule has 0 aliphatic heterocycles. The minimum absolute atomic E-state index is 0. The molecule has 0 spiro atoms. The lowest BCUT2D eigenvalue weighted by molar-refractivity contribution is -0.141. The van der Waals surface area contributed by atoms with Gasteiger partial charge in [0.1, 0.15) is 0 Å². The number of carbonyl (C=O) groups is 1. The van der Waals surface area contributed by atoms with E-state index < -0.39 is 5.97 Å². The average Bonchev–Trinajstić information content (AvgIpc) is 1.38. The number of nitrogens with two attached hydrogens (primary N) is 1. The summed E-state index contributed by atoms with van der Waals surface area (Å²) in [6, 6.07) is 0. The fourth-order valence-electron chi connectivity index (χ4n) is 0. The molecule has 0 unspecified atom stereocenters. The van der Waals surface area contributed by atoms with E-state index in [2.05, 4.69) is 10.7 Å². The van der Waals surface area contributed by atoms with Gasteiger partial charge in [-0.15, -0.1) is 0 Å². The number of hydrogen-bond acceptors (Lipinski definition) is 3. The van der Waals surface area contributed by atoms with Crippen molar-refractivity contribution in [3.8, 4) is 0 Å². The van der Waals surface area contributed by atoms with Crippen molar-refractivity contribution in [2.75, 3.05) is 0 Å². The largest absolute Gasteiger partial charge is 0.412 e. The molecule has 0 aromatic carbocycles. The molecule has 50 valence electrons. The molecular formula is C2H10AlNO4. The van der Waals surface area contributed by atoms with Crippen LogP contribution in [0, 0.1) is 0 Å². The third-order valence-corrected chi connectivity index (χ3v) is 0.166. The van der Waals surface area contributed by atoms with Gasteiger partial charge in [0, 0.05) is 6.92 Å². The summed E-state index contributed by atoms with van der Waals surface area (Å²) in [7, 11) is 0. The van der Waals surface area contributed by atoms with E-state index in [1.807, 2.05) is 0 Å². The van der Waals surface area contributed by atoms with E-state index in [0.717, 1.165) is 0 Å². The predicted molar refractivity (Wildman–Crippen MR) is 30.3 cm³/mol. The maximum Gasteiger partial charge on any atom is 0.321 e. The maximum absolute atomic E-state index is 9.47. The van der Waals surface area contributed by atoms with E-state index in [9.17, 15) is 4.79 Å². The average molecular weight is 139 g/mol. The Morgan fingerprint density at radius 2 is 1.62 bits per heavy atom. The molecule has 0 atom stereocenters. The van der Waals surface area contributed by atoms with Gasteiger partial charge in [-0.1, -0.05) is 0 Å². The molecule has 0 amide bonds. The quantitative estimate of drug-likeness (QED) is 0.287. The highest BCUT2D eigenvalue weighted by molar-refractivity contribution is 5.75. The van der Waals surface area contributed by atoms with Crippen molar-refractivity contribution in [3.05, 3.63) is 0 Å². The Bertz CT molecular complexity index is 49.3. The highest BCUT2D eigenvalue weighted by Crippen LogP contribution is 1.55. The lowest BCUT2D eigenvalue weighted by Gasteiger charge is -1.79. The summed E-state index contributed by atoms with van der Waals surface area (Å²) in [6.45, 7) is 1.24. The first-order valence-electron chi connectivity index (χ1n) is 1.14. The number of rotatable bonds is 0. The van der Waals surface area contributed by atoms with Crippen LogP contribution >= 0.6 is 0 Å². The van der Waals surface area contributed by atoms with Crippen molar-refractivity contribution in [1.29, 1.82) is 0 Å². The van der Waals surface area contributed by atoms with Crippen molar-refractivity contribution < 1.29 is 20.6 Å². The van der Waals surface area contributed by atoms with Crippen molar-refractivity contribution in [3.63, 3.8) is 0 Å². The van der Waals surface area contributed by atoms with Crippen LogP contribution in [0.5, 0.6) is 0 Å². The molecule has 6 heteroatoms. The van der Waals surface area contributed by atoms with E-state index in [0.29, 0.717) is 0 Å². The smallest absolute Gasteiger partial charge is 0.321 e. The van der Waals surface area contributed by atoms with Crippen LogP contribution in [0.15, 0.2) is 0 Å². The van der Waals surface area contributed by atoms with Crippen LogP contribution < -0.4 is 5.90 Å². The van der Waals surface area contributed by atoms with Gasteiger partial charge < -0.3 is 15.8 Å². The van der Waals surface area contributed by atoms with Gasteiger partial charge in [0.2, 0.25) is 0 Å². The van der Waals surface area contributed by atoms with Crippen molar-refractivity contribution in [1.82, 2.24) is 0 Å². The second kappa shape index (κ2) is 15.8. The minimum Gasteiger partial charge on any atom is -0.412 e. The molecule has 0 saturated carbocycles. The van der Waals surface area contributed by atoms with Gasteiger partial charge in [0.15, 0.2) is 0 Å². The van der Waals surface area contributed by atoms with E-state index in [-0.39, 0.29) is 28.3 Å². The molecule has 0 aliphatic carbocycles. The monoisotopic (exact) mass is 139 g/mol. The molecule has 2 radical (unpaired) electrons. The van der Waals surface area contributed by atoms with Gasteiger partial charge >= 0.3 is 5.97 Å². The van der Waals surface area contributed by atoms with Crippen LogP contribution in [-0.2, 0) is 9.63 Å². The Hall–Kier alpha value is -0.118. The second-order valence-electron chi connectivity index (χ2n) is 0.609. The molecule has 0 saturated heterocycles. The van der Waals surface area contributed by atoms with E-state index in [1.54, 1.807) is 0 Å². The van der Waals surface area contributed by atoms with E-state index in [4.69, 9.17) is 0 Å². The Kier molecular flexibility index (Phi) is 48.9. The van der Waals surface area contributed by atoms with Crippen molar-refractivity contribution in [2.45, 2.75) is 6.92 Å². The predicted octanol–water partition coefficient (Wildman–Crippen LogP) is -2.87. The van der Waals surface area contributed by atoms with Crippen LogP contribution in [-0.4, -0.2) is 34.3 Å². The Morgan fingerprint density at radius 1 is 1.50 bits per heavy atom. The SMILES string of the molecule is CC(=O)ON.O.O.[AlH]. The van der Waals surface area contributed by atoms with Crippen LogP contribution in [0.25, 0.3) is 0 Å². The zero-order chi connectivity index (χ0) is 4.28. The molecule has 0 heterocycles. The standard InChI is InChI=1S/C2H5NO2.Al.2H2O.H/c1-2(4)5-3;;;;/h3H2,1H3;;2*1H2;. The molecule has 5 nitrogen and oxygen atoms in total. The van der Waals surface area contributed by atoms with E-state index >= 15 is 0 Å². The molecule has 0 aromatic heterocycles. The molecule has 0 bridgehead atoms. The van der Waals surface area contributed by atoms with Crippen LogP contribution in [0.4, 0.5) is 0 Å².